The van der Waals surface area contributed by atoms with Crippen LogP contribution in [0.1, 0.15) is 18.8 Å². The van der Waals surface area contributed by atoms with Gasteiger partial charge in [-0.15, -0.1) is 0 Å². The summed E-state index contributed by atoms with van der Waals surface area (Å²) in [6.45, 7) is 1.39. The zero-order chi connectivity index (χ0) is 13.1. The molecule has 0 amide bonds. The maximum Gasteiger partial charge on any atom is 0.153 e. The fraction of sp³-hybridized carbons (Fsp3) is 0.167. The van der Waals surface area contributed by atoms with Crippen LogP contribution in [0.4, 0.5) is 15.9 Å². The van der Waals surface area contributed by atoms with Gasteiger partial charge in [0.1, 0.15) is 17.5 Å². The summed E-state index contributed by atoms with van der Waals surface area (Å²) in [4.78, 5) is 7.84. The largest absolute Gasteiger partial charge is 0.339 e. The fourth-order valence-corrected chi connectivity index (χ4v) is 1.98. The first-order valence-corrected chi connectivity index (χ1v) is 6.42. The summed E-state index contributed by atoms with van der Waals surface area (Å²) in [6.07, 6.45) is 0.0596. The predicted molar refractivity (Wildman–Crippen MR) is 74.0 cm³/mol. The maximum atomic E-state index is 13.3. The lowest BCUT2D eigenvalue weighted by atomic mass is 10.2. The van der Waals surface area contributed by atoms with E-state index in [1.807, 2.05) is 24.3 Å². The van der Waals surface area contributed by atoms with E-state index in [4.69, 9.17) is 11.6 Å². The summed E-state index contributed by atoms with van der Waals surface area (Å²) in [5, 5.41) is 3.23. The molecule has 94 valence electrons. The van der Waals surface area contributed by atoms with Crippen LogP contribution in [0.5, 0.6) is 0 Å². The molecular formula is C12H10BrClFN3. The number of hydrogen-bond acceptors (Lipinski definition) is 3. The number of nitrogens with zero attached hydrogens (tertiary/aromatic N) is 2. The van der Waals surface area contributed by atoms with Crippen molar-refractivity contribution in [2.75, 3.05) is 5.32 Å². The van der Waals surface area contributed by atoms with Crippen molar-refractivity contribution in [3.05, 3.63) is 45.8 Å². The highest BCUT2D eigenvalue weighted by molar-refractivity contribution is 9.10. The van der Waals surface area contributed by atoms with Crippen LogP contribution in [-0.4, -0.2) is 9.97 Å². The first kappa shape index (κ1) is 13.2. The minimum Gasteiger partial charge on any atom is -0.339 e. The van der Waals surface area contributed by atoms with E-state index in [-0.39, 0.29) is 10.7 Å². The van der Waals surface area contributed by atoms with Crippen molar-refractivity contribution in [3.8, 4) is 0 Å². The van der Waals surface area contributed by atoms with Crippen LogP contribution >= 0.6 is 27.5 Å². The minimum atomic E-state index is -1.23. The van der Waals surface area contributed by atoms with Crippen molar-refractivity contribution in [1.29, 1.82) is 0 Å². The van der Waals surface area contributed by atoms with E-state index in [2.05, 4.69) is 31.2 Å². The zero-order valence-corrected chi connectivity index (χ0v) is 11.8. The number of aromatic nitrogens is 2. The summed E-state index contributed by atoms with van der Waals surface area (Å²) in [6, 6.07) is 7.49. The Morgan fingerprint density at radius 2 is 1.94 bits per heavy atom. The van der Waals surface area contributed by atoms with E-state index < -0.39 is 6.17 Å². The van der Waals surface area contributed by atoms with Crippen LogP contribution in [0, 0.1) is 0 Å². The smallest absolute Gasteiger partial charge is 0.153 e. The van der Waals surface area contributed by atoms with Crippen molar-refractivity contribution >= 4 is 39.0 Å². The number of alkyl halides is 1. The van der Waals surface area contributed by atoms with Crippen molar-refractivity contribution in [3.63, 3.8) is 0 Å². The van der Waals surface area contributed by atoms with E-state index in [0.29, 0.717) is 5.82 Å². The Balaban J connectivity index is 2.29. The van der Waals surface area contributed by atoms with Gasteiger partial charge in [-0.25, -0.2) is 14.4 Å². The number of hydrogen-bond donors (Lipinski definition) is 1. The highest BCUT2D eigenvalue weighted by Crippen LogP contribution is 2.30. The van der Waals surface area contributed by atoms with Crippen LogP contribution < -0.4 is 5.32 Å². The van der Waals surface area contributed by atoms with E-state index in [9.17, 15) is 4.39 Å². The van der Waals surface area contributed by atoms with Gasteiger partial charge >= 0.3 is 0 Å². The van der Waals surface area contributed by atoms with Gasteiger partial charge in [0, 0.05) is 10.2 Å². The van der Waals surface area contributed by atoms with Crippen LogP contribution in [-0.2, 0) is 0 Å². The SMILES string of the molecule is CC(F)c1ncnc(Nc2ccc(Br)cc2)c1Cl. The molecule has 3 nitrogen and oxygen atoms in total. The monoisotopic (exact) mass is 329 g/mol. The highest BCUT2D eigenvalue weighted by atomic mass is 79.9. The van der Waals surface area contributed by atoms with E-state index >= 15 is 0 Å². The second kappa shape index (κ2) is 5.63. The molecule has 0 aliphatic rings. The average Bonchev–Trinajstić information content (AvgIpc) is 2.34. The summed E-state index contributed by atoms with van der Waals surface area (Å²) < 4.78 is 14.2. The second-order valence-corrected chi connectivity index (χ2v) is 4.96. The van der Waals surface area contributed by atoms with Gasteiger partial charge in [-0.05, 0) is 31.2 Å². The molecule has 1 aromatic heterocycles. The molecule has 2 rings (SSSR count). The number of rotatable bonds is 3. The summed E-state index contributed by atoms with van der Waals surface area (Å²) in [7, 11) is 0. The van der Waals surface area contributed by atoms with Gasteiger partial charge in [-0.1, -0.05) is 27.5 Å². The number of nitrogens with one attached hydrogen (secondary N) is 1. The van der Waals surface area contributed by atoms with Gasteiger partial charge in [0.25, 0.3) is 0 Å². The van der Waals surface area contributed by atoms with Crippen LogP contribution in [0.3, 0.4) is 0 Å². The van der Waals surface area contributed by atoms with E-state index in [1.165, 1.54) is 13.3 Å². The molecule has 2 aromatic rings. The highest BCUT2D eigenvalue weighted by Gasteiger charge is 2.14. The third-order valence-corrected chi connectivity index (χ3v) is 3.20. The molecule has 1 atom stereocenters. The number of halogens is 3. The predicted octanol–water partition coefficient (Wildman–Crippen LogP) is 4.67. The number of benzene rings is 1. The molecule has 0 spiro atoms. The van der Waals surface area contributed by atoms with Gasteiger partial charge in [-0.2, -0.15) is 0 Å². The Morgan fingerprint density at radius 1 is 1.28 bits per heavy atom. The third kappa shape index (κ3) is 2.97. The second-order valence-electron chi connectivity index (χ2n) is 3.67. The Kier molecular flexibility index (Phi) is 4.14. The molecule has 18 heavy (non-hydrogen) atoms. The zero-order valence-electron chi connectivity index (χ0n) is 9.49. The van der Waals surface area contributed by atoms with Gasteiger partial charge in [-0.3, -0.25) is 0 Å². The maximum absolute atomic E-state index is 13.3. The van der Waals surface area contributed by atoms with E-state index in [0.717, 1.165) is 10.2 Å². The quantitative estimate of drug-likeness (QED) is 0.889. The normalized spacial score (nSPS) is 12.2. The van der Waals surface area contributed by atoms with Crippen molar-refractivity contribution in [2.45, 2.75) is 13.1 Å². The molecular weight excluding hydrogens is 321 g/mol. The van der Waals surface area contributed by atoms with Gasteiger partial charge in [0.15, 0.2) is 5.82 Å². The summed E-state index contributed by atoms with van der Waals surface area (Å²) in [5.74, 6) is 0.397. The molecule has 0 aliphatic heterocycles. The lowest BCUT2D eigenvalue weighted by Gasteiger charge is -2.10. The molecule has 6 heteroatoms. The van der Waals surface area contributed by atoms with Crippen LogP contribution in [0.25, 0.3) is 0 Å². The molecule has 0 bridgehead atoms. The van der Waals surface area contributed by atoms with Gasteiger partial charge < -0.3 is 5.32 Å². The third-order valence-electron chi connectivity index (χ3n) is 2.30. The first-order valence-electron chi connectivity index (χ1n) is 5.25. The average molecular weight is 331 g/mol. The minimum absolute atomic E-state index is 0.186. The standard InChI is InChI=1S/C12H10BrClFN3/c1-7(15)11-10(14)12(17-6-16-11)18-9-4-2-8(13)3-5-9/h2-7H,1H3,(H,16,17,18). The lowest BCUT2D eigenvalue weighted by molar-refractivity contribution is 0.365. The topological polar surface area (TPSA) is 37.8 Å². The van der Waals surface area contributed by atoms with Crippen LogP contribution in [0.15, 0.2) is 35.1 Å². The molecule has 1 aromatic carbocycles. The van der Waals surface area contributed by atoms with Crippen LogP contribution in [0.2, 0.25) is 5.02 Å². The summed E-state index contributed by atoms with van der Waals surface area (Å²) >= 11 is 9.40. The lowest BCUT2D eigenvalue weighted by Crippen LogP contribution is -2.00. The molecule has 0 fully saturated rings. The van der Waals surface area contributed by atoms with Crippen molar-refractivity contribution in [2.24, 2.45) is 0 Å². The molecule has 1 unspecified atom stereocenters. The Bertz CT molecular complexity index is 546. The summed E-state index contributed by atoms with van der Waals surface area (Å²) in [5.41, 5.74) is 1.00. The first-order chi connectivity index (χ1) is 8.58. The molecule has 1 heterocycles. The fourth-order valence-electron chi connectivity index (χ4n) is 1.42. The van der Waals surface area contributed by atoms with Gasteiger partial charge in [0.2, 0.25) is 0 Å². The molecule has 0 saturated carbocycles. The van der Waals surface area contributed by atoms with Crippen molar-refractivity contribution < 1.29 is 4.39 Å². The molecule has 0 radical (unpaired) electrons. The number of anilines is 2. The molecule has 1 N–H and O–H groups in total. The van der Waals surface area contributed by atoms with Gasteiger partial charge in [0.05, 0.1) is 5.69 Å². The molecule has 0 aliphatic carbocycles. The Labute approximate surface area is 118 Å². The van der Waals surface area contributed by atoms with Crippen molar-refractivity contribution in [1.82, 2.24) is 9.97 Å². The van der Waals surface area contributed by atoms with E-state index in [1.54, 1.807) is 0 Å². The Morgan fingerprint density at radius 3 is 2.56 bits per heavy atom. The molecule has 0 saturated heterocycles. The Hall–Kier alpha value is -1.20.